The van der Waals surface area contributed by atoms with E-state index in [2.05, 4.69) is 5.32 Å². The average molecular weight is 455 g/mol. The lowest BCUT2D eigenvalue weighted by atomic mass is 10.1. The molecule has 0 atom stereocenters. The molecule has 0 radical (unpaired) electrons. The lowest BCUT2D eigenvalue weighted by molar-refractivity contribution is 0.102. The van der Waals surface area contributed by atoms with Crippen molar-refractivity contribution in [3.8, 4) is 5.75 Å². The van der Waals surface area contributed by atoms with E-state index in [9.17, 15) is 9.18 Å². The summed E-state index contributed by atoms with van der Waals surface area (Å²) in [5, 5.41) is 2.73. The summed E-state index contributed by atoms with van der Waals surface area (Å²) in [6.45, 7) is 0.495. The maximum absolute atomic E-state index is 13.6. The van der Waals surface area contributed by atoms with Crippen LogP contribution in [0.5, 0.6) is 5.75 Å². The Morgan fingerprint density at radius 2 is 1.76 bits per heavy atom. The van der Waals surface area contributed by atoms with Crippen LogP contribution in [0.25, 0.3) is 22.2 Å². The molecule has 0 aliphatic rings. The molecule has 0 spiro atoms. The fraction of sp³-hybridized carbons (Fsp3) is 0.115. The van der Waals surface area contributed by atoms with E-state index in [0.717, 1.165) is 11.3 Å². The highest BCUT2D eigenvalue weighted by atomic mass is 19.1. The van der Waals surface area contributed by atoms with Crippen LogP contribution in [0.3, 0.4) is 0 Å². The van der Waals surface area contributed by atoms with E-state index in [1.54, 1.807) is 17.7 Å². The SMILES string of the molecule is COc1ccc(CCn2c(N)c(C(=O)Nc3cccc(F)c3)c3nc4ccccc4nc32)cc1. The van der Waals surface area contributed by atoms with Gasteiger partial charge in [0.2, 0.25) is 0 Å². The molecule has 0 aliphatic heterocycles. The molecular formula is C26H22FN5O2. The lowest BCUT2D eigenvalue weighted by Gasteiger charge is -2.09. The molecule has 3 aromatic carbocycles. The van der Waals surface area contributed by atoms with Gasteiger partial charge in [0.05, 0.1) is 18.1 Å². The molecule has 170 valence electrons. The molecule has 0 fully saturated rings. The van der Waals surface area contributed by atoms with E-state index < -0.39 is 11.7 Å². The quantitative estimate of drug-likeness (QED) is 0.383. The van der Waals surface area contributed by atoms with E-state index in [0.29, 0.717) is 40.9 Å². The largest absolute Gasteiger partial charge is 0.497 e. The molecule has 3 N–H and O–H groups in total. The van der Waals surface area contributed by atoms with Crippen molar-refractivity contribution in [3.63, 3.8) is 0 Å². The summed E-state index contributed by atoms with van der Waals surface area (Å²) in [5.74, 6) is 0.121. The first kappa shape index (κ1) is 21.4. The molecule has 7 nitrogen and oxygen atoms in total. The average Bonchev–Trinajstić information content (AvgIpc) is 3.11. The monoisotopic (exact) mass is 455 g/mol. The van der Waals surface area contributed by atoms with Crippen LogP contribution in [0.1, 0.15) is 15.9 Å². The number of methoxy groups -OCH3 is 1. The molecule has 0 bridgehead atoms. The van der Waals surface area contributed by atoms with Crippen LogP contribution in [-0.2, 0) is 13.0 Å². The van der Waals surface area contributed by atoms with Crippen molar-refractivity contribution in [1.82, 2.24) is 14.5 Å². The molecule has 0 saturated heterocycles. The number of rotatable bonds is 6. The van der Waals surface area contributed by atoms with Crippen molar-refractivity contribution in [2.75, 3.05) is 18.2 Å². The summed E-state index contributed by atoms with van der Waals surface area (Å²) in [6.07, 6.45) is 0.664. The number of nitrogens with one attached hydrogen (secondary N) is 1. The topological polar surface area (TPSA) is 95.1 Å². The van der Waals surface area contributed by atoms with Crippen molar-refractivity contribution in [2.45, 2.75) is 13.0 Å². The van der Waals surface area contributed by atoms with Crippen molar-refractivity contribution in [3.05, 3.63) is 89.7 Å². The Balaban J connectivity index is 1.57. The van der Waals surface area contributed by atoms with Crippen LogP contribution in [0, 0.1) is 5.82 Å². The van der Waals surface area contributed by atoms with Gasteiger partial charge >= 0.3 is 0 Å². The zero-order valence-electron chi connectivity index (χ0n) is 18.5. The van der Waals surface area contributed by atoms with Gasteiger partial charge in [0.15, 0.2) is 5.65 Å². The van der Waals surface area contributed by atoms with E-state index in [4.69, 9.17) is 20.4 Å². The first-order valence-corrected chi connectivity index (χ1v) is 10.8. The number of para-hydroxylation sites is 2. The third-order valence-corrected chi connectivity index (χ3v) is 5.68. The summed E-state index contributed by atoms with van der Waals surface area (Å²) >= 11 is 0. The Morgan fingerprint density at radius 3 is 2.47 bits per heavy atom. The molecule has 5 rings (SSSR count). The summed E-state index contributed by atoms with van der Waals surface area (Å²) in [6, 6.07) is 20.9. The van der Waals surface area contributed by atoms with Crippen LogP contribution in [0.2, 0.25) is 0 Å². The fourth-order valence-corrected chi connectivity index (χ4v) is 3.96. The van der Waals surface area contributed by atoms with Gasteiger partial charge in [-0.3, -0.25) is 4.79 Å². The Hall–Kier alpha value is -4.46. The summed E-state index contributed by atoms with van der Waals surface area (Å²) in [4.78, 5) is 22.7. The van der Waals surface area contributed by atoms with Crippen molar-refractivity contribution < 1.29 is 13.9 Å². The van der Waals surface area contributed by atoms with Crippen LogP contribution >= 0.6 is 0 Å². The number of halogens is 1. The number of anilines is 2. The number of benzene rings is 3. The molecule has 5 aromatic rings. The van der Waals surface area contributed by atoms with Gasteiger partial charge in [0.25, 0.3) is 5.91 Å². The Labute approximate surface area is 195 Å². The van der Waals surface area contributed by atoms with Gasteiger partial charge in [0.1, 0.15) is 28.5 Å². The number of carbonyl (C=O) groups is 1. The zero-order chi connectivity index (χ0) is 23.7. The number of hydrogen-bond acceptors (Lipinski definition) is 5. The molecule has 0 aliphatic carbocycles. The highest BCUT2D eigenvalue weighted by molar-refractivity contribution is 6.16. The molecule has 2 heterocycles. The maximum Gasteiger partial charge on any atom is 0.261 e. The number of nitrogen functional groups attached to an aromatic ring is 1. The van der Waals surface area contributed by atoms with Crippen LogP contribution in [0.15, 0.2) is 72.8 Å². The lowest BCUT2D eigenvalue weighted by Crippen LogP contribution is -2.15. The molecule has 34 heavy (non-hydrogen) atoms. The Morgan fingerprint density at radius 1 is 1.03 bits per heavy atom. The van der Waals surface area contributed by atoms with Gasteiger partial charge in [-0.15, -0.1) is 0 Å². The predicted molar refractivity (Wildman–Crippen MR) is 130 cm³/mol. The number of hydrogen-bond donors (Lipinski definition) is 2. The van der Waals surface area contributed by atoms with Gasteiger partial charge in [-0.1, -0.05) is 30.3 Å². The Kier molecular flexibility index (Phi) is 5.55. The molecule has 0 saturated carbocycles. The van der Waals surface area contributed by atoms with Gasteiger partial charge < -0.3 is 20.4 Å². The summed E-state index contributed by atoms with van der Waals surface area (Å²) in [7, 11) is 1.63. The number of nitrogens with zero attached hydrogens (tertiary/aromatic N) is 3. The van der Waals surface area contributed by atoms with Gasteiger partial charge in [0, 0.05) is 12.2 Å². The second-order valence-electron chi connectivity index (χ2n) is 7.86. The molecule has 1 amide bonds. The van der Waals surface area contributed by atoms with Gasteiger partial charge in [-0.25, -0.2) is 14.4 Å². The first-order valence-electron chi connectivity index (χ1n) is 10.8. The third kappa shape index (κ3) is 4.01. The van der Waals surface area contributed by atoms with E-state index in [1.807, 2.05) is 48.5 Å². The highest BCUT2D eigenvalue weighted by Crippen LogP contribution is 2.29. The third-order valence-electron chi connectivity index (χ3n) is 5.68. The minimum absolute atomic E-state index is 0.215. The Bertz CT molecular complexity index is 1510. The maximum atomic E-state index is 13.6. The number of nitrogens with two attached hydrogens (primary N) is 1. The van der Waals surface area contributed by atoms with Crippen LogP contribution in [0.4, 0.5) is 15.9 Å². The van der Waals surface area contributed by atoms with Crippen molar-refractivity contribution in [1.29, 1.82) is 0 Å². The van der Waals surface area contributed by atoms with Crippen molar-refractivity contribution >= 4 is 39.6 Å². The molecule has 2 aromatic heterocycles. The minimum Gasteiger partial charge on any atom is -0.497 e. The second kappa shape index (κ2) is 8.82. The predicted octanol–water partition coefficient (Wildman–Crippen LogP) is 4.81. The smallest absolute Gasteiger partial charge is 0.261 e. The first-order chi connectivity index (χ1) is 16.5. The van der Waals surface area contributed by atoms with E-state index in [-0.39, 0.29) is 11.4 Å². The molecular weight excluding hydrogens is 433 g/mol. The zero-order valence-corrected chi connectivity index (χ0v) is 18.5. The second-order valence-corrected chi connectivity index (χ2v) is 7.86. The summed E-state index contributed by atoms with van der Waals surface area (Å²) in [5.41, 5.74) is 10.4. The molecule has 8 heteroatoms. The molecule has 0 unspecified atom stereocenters. The van der Waals surface area contributed by atoms with E-state index >= 15 is 0 Å². The standard InChI is InChI=1S/C26H22FN5O2/c1-34-19-11-9-16(10-12-19)13-14-32-24(28)22(26(33)29-18-6-4-5-17(27)15-18)23-25(32)31-21-8-3-2-7-20(21)30-23/h2-12,15H,13-14,28H2,1H3,(H,29,33). The van der Waals surface area contributed by atoms with Gasteiger partial charge in [-0.2, -0.15) is 0 Å². The summed E-state index contributed by atoms with van der Waals surface area (Å²) < 4.78 is 20.7. The fourth-order valence-electron chi connectivity index (χ4n) is 3.96. The number of ether oxygens (including phenoxy) is 1. The number of amides is 1. The van der Waals surface area contributed by atoms with E-state index in [1.165, 1.54) is 18.2 Å². The van der Waals surface area contributed by atoms with Crippen LogP contribution in [-0.4, -0.2) is 27.6 Å². The highest BCUT2D eigenvalue weighted by Gasteiger charge is 2.24. The minimum atomic E-state index is -0.471. The number of fused-ring (bicyclic) bond motifs is 2. The number of aryl methyl sites for hydroxylation is 2. The van der Waals surface area contributed by atoms with Crippen molar-refractivity contribution in [2.24, 2.45) is 0 Å². The van der Waals surface area contributed by atoms with Gasteiger partial charge in [-0.05, 0) is 54.4 Å². The number of carbonyl (C=O) groups excluding carboxylic acids is 1. The van der Waals surface area contributed by atoms with Crippen LogP contribution < -0.4 is 15.8 Å². The normalized spacial score (nSPS) is 11.1. The number of aromatic nitrogens is 3.